The molecule has 18 heavy (non-hydrogen) atoms. The van der Waals surface area contributed by atoms with E-state index in [1.54, 1.807) is 0 Å². The van der Waals surface area contributed by atoms with Gasteiger partial charge in [-0.05, 0) is 12.1 Å². The minimum absolute atomic E-state index is 0.102. The monoisotopic (exact) mass is 302 g/mol. The summed E-state index contributed by atoms with van der Waals surface area (Å²) >= 11 is 0. The standard InChI is InChI=1S/C8H5F3O5S2/c9-8(10,11)18(13,14)16-5-1-2-6-7(3-5)17(12)4-15-6/h1-3H,4H2. The van der Waals surface area contributed by atoms with Crippen molar-refractivity contribution in [3.05, 3.63) is 18.2 Å². The highest BCUT2D eigenvalue weighted by Crippen LogP contribution is 2.34. The molecule has 1 unspecified atom stereocenters. The predicted octanol–water partition coefficient (Wildman–Crippen LogP) is 1.37. The summed E-state index contributed by atoms with van der Waals surface area (Å²) in [5.74, 6) is -0.458. The van der Waals surface area contributed by atoms with Gasteiger partial charge in [0.25, 0.3) is 0 Å². The molecule has 0 amide bonds. The van der Waals surface area contributed by atoms with Crippen LogP contribution in [0.25, 0.3) is 0 Å². The molecule has 0 spiro atoms. The lowest BCUT2D eigenvalue weighted by Crippen LogP contribution is -2.28. The van der Waals surface area contributed by atoms with Gasteiger partial charge < -0.3 is 8.92 Å². The molecule has 1 heterocycles. The Kier molecular flexibility index (Phi) is 3.01. The molecule has 10 heteroatoms. The molecule has 1 aliphatic heterocycles. The average molecular weight is 302 g/mol. The Labute approximate surface area is 102 Å². The van der Waals surface area contributed by atoms with E-state index < -0.39 is 32.2 Å². The van der Waals surface area contributed by atoms with Crippen LogP contribution in [0.4, 0.5) is 13.2 Å². The molecule has 0 radical (unpaired) electrons. The molecule has 1 aromatic carbocycles. The summed E-state index contributed by atoms with van der Waals surface area (Å²) in [6, 6.07) is 3.13. The molecule has 0 aromatic heterocycles. The zero-order valence-corrected chi connectivity index (χ0v) is 10.1. The highest BCUT2D eigenvalue weighted by atomic mass is 32.2. The summed E-state index contributed by atoms with van der Waals surface area (Å²) in [5.41, 5.74) is -5.51. The maximum Gasteiger partial charge on any atom is 0.534 e. The van der Waals surface area contributed by atoms with Crippen LogP contribution in [0.5, 0.6) is 11.5 Å². The van der Waals surface area contributed by atoms with Gasteiger partial charge in [-0.3, -0.25) is 4.21 Å². The van der Waals surface area contributed by atoms with E-state index in [1.807, 2.05) is 0 Å². The summed E-state index contributed by atoms with van der Waals surface area (Å²) in [5, 5.41) is 0. The van der Waals surface area contributed by atoms with Gasteiger partial charge in [0.05, 0.1) is 15.7 Å². The highest BCUT2D eigenvalue weighted by Gasteiger charge is 2.48. The Morgan fingerprint density at radius 1 is 1.33 bits per heavy atom. The largest absolute Gasteiger partial charge is 0.534 e. The van der Waals surface area contributed by atoms with Crippen LogP contribution < -0.4 is 8.92 Å². The van der Waals surface area contributed by atoms with Gasteiger partial charge in [-0.1, -0.05) is 0 Å². The van der Waals surface area contributed by atoms with E-state index in [9.17, 15) is 25.8 Å². The van der Waals surface area contributed by atoms with Gasteiger partial charge in [-0.25, -0.2) is 0 Å². The first-order valence-corrected chi connectivity index (χ1v) is 7.09. The lowest BCUT2D eigenvalue weighted by Gasteiger charge is -2.09. The fourth-order valence-electron chi connectivity index (χ4n) is 1.19. The number of benzene rings is 1. The first kappa shape index (κ1) is 13.1. The van der Waals surface area contributed by atoms with Crippen LogP contribution in [0.15, 0.2) is 23.1 Å². The third-order valence-electron chi connectivity index (χ3n) is 1.97. The molecule has 0 fully saturated rings. The maximum atomic E-state index is 12.1. The third-order valence-corrected chi connectivity index (χ3v) is 4.09. The molecular formula is C8H5F3O5S2. The van der Waals surface area contributed by atoms with Gasteiger partial charge in [0, 0.05) is 6.07 Å². The van der Waals surface area contributed by atoms with Crippen molar-refractivity contribution >= 4 is 20.9 Å². The molecule has 1 aliphatic rings. The maximum absolute atomic E-state index is 12.1. The molecule has 5 nitrogen and oxygen atoms in total. The van der Waals surface area contributed by atoms with Gasteiger partial charge in [-0.2, -0.15) is 21.6 Å². The van der Waals surface area contributed by atoms with E-state index in [4.69, 9.17) is 4.74 Å². The van der Waals surface area contributed by atoms with E-state index >= 15 is 0 Å². The van der Waals surface area contributed by atoms with E-state index in [0.29, 0.717) is 0 Å². The van der Waals surface area contributed by atoms with Crippen LogP contribution in [-0.2, 0) is 20.9 Å². The van der Waals surface area contributed by atoms with Crippen LogP contribution >= 0.6 is 0 Å². The smallest absolute Gasteiger partial charge is 0.479 e. The Balaban J connectivity index is 2.33. The number of hydrogen-bond acceptors (Lipinski definition) is 5. The third kappa shape index (κ3) is 2.29. The fourth-order valence-corrected chi connectivity index (χ4v) is 2.60. The van der Waals surface area contributed by atoms with E-state index in [2.05, 4.69) is 4.18 Å². The lowest BCUT2D eigenvalue weighted by atomic mass is 10.3. The van der Waals surface area contributed by atoms with Crippen LogP contribution in [0.1, 0.15) is 0 Å². The van der Waals surface area contributed by atoms with Gasteiger partial charge in [0.2, 0.25) is 0 Å². The number of alkyl halides is 3. The summed E-state index contributed by atoms with van der Waals surface area (Å²) < 4.78 is 77.9. The van der Waals surface area contributed by atoms with Crippen LogP contribution in [0.3, 0.4) is 0 Å². The number of hydrogen-bond donors (Lipinski definition) is 0. The molecule has 0 bridgehead atoms. The van der Waals surface area contributed by atoms with Gasteiger partial charge in [-0.15, -0.1) is 0 Å². The van der Waals surface area contributed by atoms with Crippen LogP contribution in [0.2, 0.25) is 0 Å². The first-order chi connectivity index (χ1) is 8.21. The van der Waals surface area contributed by atoms with Crippen molar-refractivity contribution in [2.45, 2.75) is 10.4 Å². The van der Waals surface area contributed by atoms with Crippen LogP contribution in [-0.4, -0.2) is 24.1 Å². The van der Waals surface area contributed by atoms with Crippen molar-refractivity contribution in [3.8, 4) is 11.5 Å². The molecule has 1 aromatic rings. The van der Waals surface area contributed by atoms with Crippen molar-refractivity contribution in [1.82, 2.24) is 0 Å². The van der Waals surface area contributed by atoms with Gasteiger partial charge in [0.1, 0.15) is 11.5 Å². The zero-order valence-electron chi connectivity index (χ0n) is 8.43. The number of rotatable bonds is 2. The molecule has 2 rings (SSSR count). The normalized spacial score (nSPS) is 19.2. The summed E-state index contributed by atoms with van der Waals surface area (Å²) in [6.45, 7) is 0. The van der Waals surface area contributed by atoms with E-state index in [1.165, 1.54) is 6.07 Å². The molecule has 0 saturated heterocycles. The quantitative estimate of drug-likeness (QED) is 0.609. The number of ether oxygens (including phenoxy) is 1. The molecule has 0 N–H and O–H groups in total. The molecule has 100 valence electrons. The molecule has 0 aliphatic carbocycles. The SMILES string of the molecule is O=S1COc2ccc(OS(=O)(=O)C(F)(F)F)cc21. The van der Waals surface area contributed by atoms with Crippen molar-refractivity contribution in [1.29, 1.82) is 0 Å². The number of halogens is 3. The first-order valence-electron chi connectivity index (χ1n) is 4.37. The van der Waals surface area contributed by atoms with Crippen LogP contribution in [0, 0.1) is 0 Å². The summed E-state index contributed by atoms with van der Waals surface area (Å²) in [7, 11) is -7.26. The Morgan fingerprint density at radius 3 is 2.61 bits per heavy atom. The molecule has 1 atom stereocenters. The topological polar surface area (TPSA) is 69.7 Å². The summed E-state index contributed by atoms with van der Waals surface area (Å²) in [4.78, 5) is 0.102. The Morgan fingerprint density at radius 2 is 2.00 bits per heavy atom. The lowest BCUT2D eigenvalue weighted by molar-refractivity contribution is -0.0500. The second kappa shape index (κ2) is 4.12. The van der Waals surface area contributed by atoms with Crippen molar-refractivity contribution in [3.63, 3.8) is 0 Å². The Bertz CT molecular complexity index is 608. The minimum Gasteiger partial charge on any atom is -0.479 e. The second-order valence-corrected chi connectivity index (χ2v) is 6.10. The fraction of sp³-hybridized carbons (Fsp3) is 0.250. The average Bonchev–Trinajstić information content (AvgIpc) is 2.58. The Hall–Kier alpha value is -1.29. The second-order valence-electron chi connectivity index (χ2n) is 3.20. The van der Waals surface area contributed by atoms with Crippen molar-refractivity contribution < 1.29 is 34.7 Å². The summed E-state index contributed by atoms with van der Waals surface area (Å²) in [6.07, 6.45) is 0. The van der Waals surface area contributed by atoms with Gasteiger partial charge >= 0.3 is 15.6 Å². The minimum atomic E-state index is -5.73. The predicted molar refractivity (Wildman–Crippen MR) is 53.9 cm³/mol. The number of fused-ring (bicyclic) bond motifs is 1. The zero-order chi connectivity index (χ0) is 13.6. The van der Waals surface area contributed by atoms with E-state index in [-0.39, 0.29) is 16.6 Å². The van der Waals surface area contributed by atoms with Crippen molar-refractivity contribution in [2.75, 3.05) is 5.94 Å². The molecule has 0 saturated carbocycles. The molecular weight excluding hydrogens is 297 g/mol. The van der Waals surface area contributed by atoms with E-state index in [0.717, 1.165) is 12.1 Å². The highest BCUT2D eigenvalue weighted by molar-refractivity contribution is 7.88. The van der Waals surface area contributed by atoms with Gasteiger partial charge in [0.15, 0.2) is 5.94 Å². The van der Waals surface area contributed by atoms with Crippen molar-refractivity contribution in [2.24, 2.45) is 0 Å².